The number of nitrogens with two attached hydrogens (primary N) is 1. The van der Waals surface area contributed by atoms with E-state index in [9.17, 15) is 4.79 Å². The average Bonchev–Trinajstić information content (AvgIpc) is 2.52. The number of hydrogen-bond donors (Lipinski definition) is 2. The van der Waals surface area contributed by atoms with Gasteiger partial charge in [-0.3, -0.25) is 4.79 Å². The molecule has 3 N–H and O–H groups in total. The largest absolute Gasteiger partial charge is 0.481 e. The van der Waals surface area contributed by atoms with Crippen LogP contribution in [0.1, 0.15) is 6.42 Å². The number of halogens is 1. The summed E-state index contributed by atoms with van der Waals surface area (Å²) in [5, 5.41) is 9.16. The van der Waals surface area contributed by atoms with Gasteiger partial charge in [-0.2, -0.15) is 0 Å². The van der Waals surface area contributed by atoms with Gasteiger partial charge in [-0.1, -0.05) is 17.7 Å². The first kappa shape index (κ1) is 10.8. The van der Waals surface area contributed by atoms with Crippen molar-refractivity contribution in [1.82, 2.24) is 9.55 Å². The summed E-state index contributed by atoms with van der Waals surface area (Å²) in [5.41, 5.74) is 7.07. The highest BCUT2D eigenvalue weighted by Crippen LogP contribution is 2.25. The molecule has 0 aliphatic carbocycles. The zero-order valence-corrected chi connectivity index (χ0v) is 9.11. The first-order valence-corrected chi connectivity index (χ1v) is 5.09. The minimum Gasteiger partial charge on any atom is -0.481 e. The lowest BCUT2D eigenvalue weighted by Crippen LogP contribution is -2.07. The number of nitrogens with zero attached hydrogens (tertiary/aromatic N) is 2. The first-order chi connectivity index (χ1) is 7.59. The molecule has 2 aromatic rings. The number of carboxylic acids is 1. The topological polar surface area (TPSA) is 81.1 Å². The quantitative estimate of drug-likeness (QED) is 0.855. The normalized spacial score (nSPS) is 10.8. The molecule has 0 saturated carbocycles. The number of aryl methyl sites for hydroxylation is 1. The molecule has 5 nitrogen and oxygen atoms in total. The maximum Gasteiger partial charge on any atom is 0.305 e. The van der Waals surface area contributed by atoms with Crippen molar-refractivity contribution in [2.45, 2.75) is 13.0 Å². The molecule has 0 bridgehead atoms. The van der Waals surface area contributed by atoms with Gasteiger partial charge in [-0.05, 0) is 12.1 Å². The Kier molecular flexibility index (Phi) is 2.70. The third-order valence-corrected chi connectivity index (χ3v) is 2.60. The summed E-state index contributed by atoms with van der Waals surface area (Å²) in [6.07, 6.45) is -0.0130. The average molecular weight is 240 g/mol. The molecule has 0 unspecified atom stereocenters. The van der Waals surface area contributed by atoms with E-state index in [1.54, 1.807) is 22.8 Å². The second-order valence-electron chi connectivity index (χ2n) is 3.37. The monoisotopic (exact) mass is 239 g/mol. The maximum absolute atomic E-state index is 10.5. The number of para-hydroxylation sites is 1. The molecule has 0 radical (unpaired) electrons. The predicted molar refractivity (Wildman–Crippen MR) is 61.4 cm³/mol. The van der Waals surface area contributed by atoms with E-state index in [-0.39, 0.29) is 18.9 Å². The molecule has 0 fully saturated rings. The van der Waals surface area contributed by atoms with E-state index < -0.39 is 5.97 Å². The van der Waals surface area contributed by atoms with Crippen LogP contribution in [0.4, 0.5) is 5.95 Å². The molecule has 1 aromatic carbocycles. The molecule has 1 aromatic heterocycles. The number of hydrogen-bond acceptors (Lipinski definition) is 3. The van der Waals surface area contributed by atoms with Gasteiger partial charge in [0.05, 0.1) is 22.5 Å². The second-order valence-corrected chi connectivity index (χ2v) is 3.78. The molecule has 0 saturated heterocycles. The van der Waals surface area contributed by atoms with Crippen molar-refractivity contribution in [2.75, 3.05) is 5.73 Å². The SMILES string of the molecule is Nc1nc2cccc(Cl)c2n1CCC(=O)O. The van der Waals surface area contributed by atoms with Crippen LogP contribution in [0, 0.1) is 0 Å². The molecule has 16 heavy (non-hydrogen) atoms. The Morgan fingerprint density at radius 2 is 2.31 bits per heavy atom. The number of carboxylic acid groups (broad SMARTS) is 1. The highest BCUT2D eigenvalue weighted by molar-refractivity contribution is 6.35. The lowest BCUT2D eigenvalue weighted by Gasteiger charge is -2.04. The van der Waals surface area contributed by atoms with Gasteiger partial charge in [0, 0.05) is 6.54 Å². The molecule has 0 atom stereocenters. The zero-order valence-electron chi connectivity index (χ0n) is 8.35. The minimum atomic E-state index is -0.881. The number of aliphatic carboxylic acids is 1. The third-order valence-electron chi connectivity index (χ3n) is 2.30. The van der Waals surface area contributed by atoms with Gasteiger partial charge in [0.25, 0.3) is 0 Å². The number of aromatic nitrogens is 2. The Bertz CT molecular complexity index is 550. The van der Waals surface area contributed by atoms with E-state index in [4.69, 9.17) is 22.4 Å². The van der Waals surface area contributed by atoms with Crippen molar-refractivity contribution >= 4 is 34.6 Å². The van der Waals surface area contributed by atoms with Crippen molar-refractivity contribution in [3.63, 3.8) is 0 Å². The second kappa shape index (κ2) is 4.02. The molecule has 84 valence electrons. The van der Waals surface area contributed by atoms with Gasteiger partial charge in [0.1, 0.15) is 0 Å². The Labute approximate surface area is 96.4 Å². The summed E-state index contributed by atoms with van der Waals surface area (Å²) in [5.74, 6) is -0.599. The van der Waals surface area contributed by atoms with Gasteiger partial charge in [0.15, 0.2) is 0 Å². The van der Waals surface area contributed by atoms with E-state index >= 15 is 0 Å². The van der Waals surface area contributed by atoms with E-state index in [0.717, 1.165) is 0 Å². The molecule has 0 aliphatic heterocycles. The van der Waals surface area contributed by atoms with Gasteiger partial charge < -0.3 is 15.4 Å². The number of imidazole rings is 1. The number of rotatable bonds is 3. The van der Waals surface area contributed by atoms with Crippen molar-refractivity contribution in [1.29, 1.82) is 0 Å². The fourth-order valence-corrected chi connectivity index (χ4v) is 1.87. The summed E-state index contributed by atoms with van der Waals surface area (Å²) >= 11 is 6.03. The van der Waals surface area contributed by atoms with Gasteiger partial charge >= 0.3 is 5.97 Å². The fraction of sp³-hybridized carbons (Fsp3) is 0.200. The van der Waals surface area contributed by atoms with Crippen LogP contribution in [0.3, 0.4) is 0 Å². The van der Waals surface area contributed by atoms with Crippen LogP contribution in [0.15, 0.2) is 18.2 Å². The molecular weight excluding hydrogens is 230 g/mol. The lowest BCUT2D eigenvalue weighted by molar-refractivity contribution is -0.137. The molecule has 0 spiro atoms. The Morgan fingerprint density at radius 1 is 1.56 bits per heavy atom. The fourth-order valence-electron chi connectivity index (χ4n) is 1.59. The van der Waals surface area contributed by atoms with Gasteiger partial charge in [-0.25, -0.2) is 4.98 Å². The van der Waals surface area contributed by atoms with Crippen molar-refractivity contribution < 1.29 is 9.90 Å². The number of fused-ring (bicyclic) bond motifs is 1. The van der Waals surface area contributed by atoms with Gasteiger partial charge in [-0.15, -0.1) is 0 Å². The summed E-state index contributed by atoms with van der Waals surface area (Å²) in [4.78, 5) is 14.6. The number of benzene rings is 1. The Morgan fingerprint density at radius 3 is 3.00 bits per heavy atom. The summed E-state index contributed by atoms with van der Waals surface area (Å²) in [6, 6.07) is 5.29. The van der Waals surface area contributed by atoms with E-state index in [0.29, 0.717) is 16.1 Å². The van der Waals surface area contributed by atoms with Crippen LogP contribution in [0.2, 0.25) is 5.02 Å². The standard InChI is InChI=1S/C10H10ClN3O2/c11-6-2-1-3-7-9(6)14(10(12)13-7)5-4-8(15)16/h1-3H,4-5H2,(H2,12,13)(H,15,16). The number of nitrogen functional groups attached to an aromatic ring is 1. The van der Waals surface area contributed by atoms with Crippen LogP contribution >= 0.6 is 11.6 Å². The molecule has 6 heteroatoms. The lowest BCUT2D eigenvalue weighted by atomic mass is 10.3. The van der Waals surface area contributed by atoms with Crippen molar-refractivity contribution in [3.8, 4) is 0 Å². The predicted octanol–water partition coefficient (Wildman–Crippen LogP) is 1.75. The molecule has 0 amide bonds. The molecular formula is C10H10ClN3O2. The summed E-state index contributed by atoms with van der Waals surface area (Å²) in [7, 11) is 0. The number of anilines is 1. The zero-order chi connectivity index (χ0) is 11.7. The Balaban J connectivity index is 2.50. The minimum absolute atomic E-state index is 0.0130. The first-order valence-electron chi connectivity index (χ1n) is 4.71. The van der Waals surface area contributed by atoms with Crippen LogP contribution < -0.4 is 5.73 Å². The van der Waals surface area contributed by atoms with Crippen molar-refractivity contribution in [2.24, 2.45) is 0 Å². The maximum atomic E-state index is 10.5. The van der Waals surface area contributed by atoms with E-state index in [1.807, 2.05) is 0 Å². The molecule has 1 heterocycles. The van der Waals surface area contributed by atoms with E-state index in [1.165, 1.54) is 0 Å². The van der Waals surface area contributed by atoms with Crippen LogP contribution in [0.25, 0.3) is 11.0 Å². The van der Waals surface area contributed by atoms with Crippen molar-refractivity contribution in [3.05, 3.63) is 23.2 Å². The van der Waals surface area contributed by atoms with Gasteiger partial charge in [0.2, 0.25) is 5.95 Å². The third kappa shape index (κ3) is 1.81. The van der Waals surface area contributed by atoms with Crippen LogP contribution in [-0.4, -0.2) is 20.6 Å². The van der Waals surface area contributed by atoms with Crippen LogP contribution in [-0.2, 0) is 11.3 Å². The Hall–Kier alpha value is -1.75. The highest BCUT2D eigenvalue weighted by Gasteiger charge is 2.11. The molecule has 0 aliphatic rings. The van der Waals surface area contributed by atoms with E-state index in [2.05, 4.69) is 4.98 Å². The summed E-state index contributed by atoms with van der Waals surface area (Å²) in [6.45, 7) is 0.265. The van der Waals surface area contributed by atoms with Crippen LogP contribution in [0.5, 0.6) is 0 Å². The smallest absolute Gasteiger partial charge is 0.305 e. The summed E-state index contributed by atoms with van der Waals surface area (Å²) < 4.78 is 1.62. The highest BCUT2D eigenvalue weighted by atomic mass is 35.5. The molecule has 2 rings (SSSR count). The number of carbonyl (C=O) groups is 1.